The highest BCUT2D eigenvalue weighted by Gasteiger charge is 2.35. The lowest BCUT2D eigenvalue weighted by Gasteiger charge is -2.26. The lowest BCUT2D eigenvalue weighted by Crippen LogP contribution is -2.40. The lowest BCUT2D eigenvalue weighted by molar-refractivity contribution is -0.139. The van der Waals surface area contributed by atoms with Crippen LogP contribution in [-0.2, 0) is 9.53 Å². The van der Waals surface area contributed by atoms with Gasteiger partial charge in [-0.05, 0) is 63.8 Å². The number of para-hydroxylation sites is 1. The Balaban J connectivity index is 2.00. The van der Waals surface area contributed by atoms with Gasteiger partial charge in [-0.25, -0.2) is 9.79 Å². The standard InChI is InChI=1S/C25H26N2O4S2/c1-6-30-24(29)21-16(5)26-25-27(22(21)17-9-7-8-10-18(17)31-14(2)3)23(28)20(33-25)13-19-15(4)11-12-32-19/h7-14,22H,6H2,1-5H3/b20-13-. The second-order valence-corrected chi connectivity index (χ2v) is 9.93. The van der Waals surface area contributed by atoms with Gasteiger partial charge in [0, 0.05) is 10.4 Å². The molecule has 1 atom stereocenters. The summed E-state index contributed by atoms with van der Waals surface area (Å²) in [6.45, 7) is 9.68. The van der Waals surface area contributed by atoms with Crippen LogP contribution in [0.1, 0.15) is 49.7 Å². The summed E-state index contributed by atoms with van der Waals surface area (Å²) in [5.74, 6) is 0.143. The van der Waals surface area contributed by atoms with Crippen molar-refractivity contribution in [1.29, 1.82) is 0 Å². The number of benzene rings is 1. The molecule has 1 unspecified atom stereocenters. The Hall–Kier alpha value is -2.97. The average Bonchev–Trinajstić information content (AvgIpc) is 3.30. The van der Waals surface area contributed by atoms with E-state index in [1.807, 2.05) is 62.6 Å². The first-order valence-electron chi connectivity index (χ1n) is 10.8. The maximum atomic E-state index is 13.7. The number of esters is 1. The van der Waals surface area contributed by atoms with Crippen LogP contribution in [0.3, 0.4) is 0 Å². The third-order valence-corrected chi connectivity index (χ3v) is 7.21. The summed E-state index contributed by atoms with van der Waals surface area (Å²) in [5, 5.41) is 2.00. The largest absolute Gasteiger partial charge is 0.491 e. The fourth-order valence-electron chi connectivity index (χ4n) is 3.80. The minimum Gasteiger partial charge on any atom is -0.491 e. The second-order valence-electron chi connectivity index (χ2n) is 7.97. The van der Waals surface area contributed by atoms with Crippen LogP contribution in [0.15, 0.2) is 56.8 Å². The number of fused-ring (bicyclic) bond motifs is 1. The highest BCUT2D eigenvalue weighted by atomic mass is 32.1. The first kappa shape index (κ1) is 23.2. The number of aryl methyl sites for hydroxylation is 1. The minimum atomic E-state index is -0.693. The van der Waals surface area contributed by atoms with Gasteiger partial charge in [0.15, 0.2) is 4.80 Å². The Morgan fingerprint density at radius 1 is 1.24 bits per heavy atom. The molecule has 0 amide bonds. The van der Waals surface area contributed by atoms with E-state index in [0.29, 0.717) is 26.4 Å². The van der Waals surface area contributed by atoms with Crippen molar-refractivity contribution in [1.82, 2.24) is 4.57 Å². The number of allylic oxidation sites excluding steroid dienone is 1. The predicted octanol–water partition coefficient (Wildman–Crippen LogP) is 3.96. The molecule has 3 heterocycles. The Labute approximate surface area is 200 Å². The van der Waals surface area contributed by atoms with Crippen LogP contribution < -0.4 is 19.6 Å². The van der Waals surface area contributed by atoms with Gasteiger partial charge in [0.2, 0.25) is 0 Å². The summed E-state index contributed by atoms with van der Waals surface area (Å²) in [6.07, 6.45) is 1.83. The zero-order valence-electron chi connectivity index (χ0n) is 19.2. The Bertz CT molecular complexity index is 1410. The van der Waals surface area contributed by atoms with Crippen LogP contribution in [-0.4, -0.2) is 23.2 Å². The molecule has 4 rings (SSSR count). The third-order valence-electron chi connectivity index (χ3n) is 5.26. The van der Waals surface area contributed by atoms with E-state index in [9.17, 15) is 9.59 Å². The van der Waals surface area contributed by atoms with Gasteiger partial charge in [-0.3, -0.25) is 9.36 Å². The molecule has 2 aromatic heterocycles. The van der Waals surface area contributed by atoms with Crippen LogP contribution >= 0.6 is 22.7 Å². The molecule has 6 nitrogen and oxygen atoms in total. The second kappa shape index (κ2) is 9.49. The predicted molar refractivity (Wildman–Crippen MR) is 132 cm³/mol. The van der Waals surface area contributed by atoms with E-state index in [-0.39, 0.29) is 18.3 Å². The van der Waals surface area contributed by atoms with Gasteiger partial charge in [0.1, 0.15) is 11.8 Å². The van der Waals surface area contributed by atoms with E-state index in [1.165, 1.54) is 11.3 Å². The first-order chi connectivity index (χ1) is 15.8. The summed E-state index contributed by atoms with van der Waals surface area (Å²) in [7, 11) is 0. The molecule has 3 aromatic rings. The topological polar surface area (TPSA) is 69.9 Å². The molecule has 1 aliphatic rings. The molecule has 0 N–H and O–H groups in total. The maximum absolute atomic E-state index is 13.7. The molecule has 0 spiro atoms. The van der Waals surface area contributed by atoms with Gasteiger partial charge in [-0.1, -0.05) is 29.5 Å². The van der Waals surface area contributed by atoms with E-state index in [2.05, 4.69) is 4.99 Å². The Morgan fingerprint density at radius 2 is 2.00 bits per heavy atom. The molecule has 8 heteroatoms. The Morgan fingerprint density at radius 3 is 2.67 bits per heavy atom. The molecule has 0 aliphatic carbocycles. The summed E-state index contributed by atoms with van der Waals surface area (Å²) in [6, 6.07) is 8.84. The fraction of sp³-hybridized carbons (Fsp3) is 0.320. The summed E-state index contributed by atoms with van der Waals surface area (Å²) < 4.78 is 13.6. The first-order valence-corrected chi connectivity index (χ1v) is 12.5. The van der Waals surface area contributed by atoms with E-state index in [0.717, 1.165) is 16.0 Å². The quantitative estimate of drug-likeness (QED) is 0.499. The normalized spacial score (nSPS) is 16.1. The van der Waals surface area contributed by atoms with Crippen molar-refractivity contribution in [2.45, 2.75) is 46.8 Å². The summed E-state index contributed by atoms with van der Waals surface area (Å²) >= 11 is 2.91. The van der Waals surface area contributed by atoms with Gasteiger partial charge in [-0.2, -0.15) is 0 Å². The SMILES string of the molecule is CCOC(=O)C1=C(C)N=c2s/c(=C\c3sccc3C)c(=O)n2C1c1ccccc1OC(C)C. The molecule has 0 bridgehead atoms. The van der Waals surface area contributed by atoms with Crippen molar-refractivity contribution < 1.29 is 14.3 Å². The molecule has 0 saturated heterocycles. The van der Waals surface area contributed by atoms with Crippen LogP contribution in [0, 0.1) is 6.92 Å². The molecule has 0 radical (unpaired) electrons. The molecule has 33 heavy (non-hydrogen) atoms. The van der Waals surface area contributed by atoms with Gasteiger partial charge in [-0.15, -0.1) is 11.3 Å². The van der Waals surface area contributed by atoms with Crippen LogP contribution in [0.25, 0.3) is 6.08 Å². The van der Waals surface area contributed by atoms with Crippen LogP contribution in [0.4, 0.5) is 0 Å². The van der Waals surface area contributed by atoms with Crippen molar-refractivity contribution in [2.24, 2.45) is 4.99 Å². The Kier molecular flexibility index (Phi) is 6.67. The third kappa shape index (κ3) is 4.45. The monoisotopic (exact) mass is 482 g/mol. The van der Waals surface area contributed by atoms with E-state index in [4.69, 9.17) is 9.47 Å². The van der Waals surface area contributed by atoms with Gasteiger partial charge in [0.25, 0.3) is 5.56 Å². The van der Waals surface area contributed by atoms with Crippen molar-refractivity contribution in [2.75, 3.05) is 6.61 Å². The number of carbonyl (C=O) groups excluding carboxylic acids is 1. The number of carbonyl (C=O) groups is 1. The molecule has 1 aromatic carbocycles. The lowest BCUT2D eigenvalue weighted by atomic mass is 9.95. The van der Waals surface area contributed by atoms with E-state index < -0.39 is 12.0 Å². The van der Waals surface area contributed by atoms with Crippen LogP contribution in [0.5, 0.6) is 5.75 Å². The van der Waals surface area contributed by atoms with Crippen LogP contribution in [0.2, 0.25) is 0 Å². The number of nitrogens with zero attached hydrogens (tertiary/aromatic N) is 2. The number of hydrogen-bond donors (Lipinski definition) is 0. The zero-order chi connectivity index (χ0) is 23.7. The molecule has 172 valence electrons. The smallest absolute Gasteiger partial charge is 0.338 e. The minimum absolute atomic E-state index is 0.0695. The number of thiazole rings is 1. The van der Waals surface area contributed by atoms with Crippen molar-refractivity contribution >= 4 is 34.7 Å². The molecule has 0 saturated carbocycles. The fourth-order valence-corrected chi connectivity index (χ4v) is 5.77. The number of aromatic nitrogens is 1. The summed E-state index contributed by atoms with van der Waals surface area (Å²) in [4.78, 5) is 32.9. The van der Waals surface area contributed by atoms with Crippen molar-refractivity contribution in [3.63, 3.8) is 0 Å². The van der Waals surface area contributed by atoms with Crippen molar-refractivity contribution in [3.05, 3.63) is 82.7 Å². The van der Waals surface area contributed by atoms with Gasteiger partial charge < -0.3 is 9.47 Å². The molecular weight excluding hydrogens is 456 g/mol. The highest BCUT2D eigenvalue weighted by molar-refractivity contribution is 7.11. The van der Waals surface area contributed by atoms with Gasteiger partial charge in [0.05, 0.1) is 28.5 Å². The number of rotatable bonds is 6. The maximum Gasteiger partial charge on any atom is 0.338 e. The molecule has 0 fully saturated rings. The summed E-state index contributed by atoms with van der Waals surface area (Å²) in [5.41, 5.74) is 2.54. The zero-order valence-corrected chi connectivity index (χ0v) is 20.9. The number of thiophene rings is 1. The van der Waals surface area contributed by atoms with E-state index >= 15 is 0 Å². The highest BCUT2D eigenvalue weighted by Crippen LogP contribution is 2.36. The number of ether oxygens (including phenoxy) is 2. The van der Waals surface area contributed by atoms with Crippen molar-refractivity contribution in [3.8, 4) is 5.75 Å². The molecular formula is C25H26N2O4S2. The number of hydrogen-bond acceptors (Lipinski definition) is 7. The molecule has 1 aliphatic heterocycles. The van der Waals surface area contributed by atoms with E-state index in [1.54, 1.807) is 29.8 Å². The van der Waals surface area contributed by atoms with Gasteiger partial charge >= 0.3 is 5.97 Å². The average molecular weight is 483 g/mol.